The highest BCUT2D eigenvalue weighted by Gasteiger charge is 2.14. The van der Waals surface area contributed by atoms with Crippen LogP contribution in [0.4, 0.5) is 0 Å². The lowest BCUT2D eigenvalue weighted by Gasteiger charge is -2.07. The van der Waals surface area contributed by atoms with Crippen LogP contribution in [0.1, 0.15) is 29.6 Å². The molecule has 1 rings (SSSR count). The number of methoxy groups -OCH3 is 1. The number of nitrogens with one attached hydrogen (secondary N) is 1. The maximum Gasteiger partial charge on any atom is 0.274 e. The van der Waals surface area contributed by atoms with Crippen LogP contribution in [-0.2, 0) is 11.3 Å². The molecule has 5 nitrogen and oxygen atoms in total. The zero-order valence-electron chi connectivity index (χ0n) is 9.32. The normalized spacial score (nSPS) is 11.8. The Labute approximate surface area is 94.1 Å². The summed E-state index contributed by atoms with van der Waals surface area (Å²) >= 11 is 0. The largest absolute Gasteiger partial charge is 0.377 e. The van der Waals surface area contributed by atoms with E-state index in [2.05, 4.69) is 16.4 Å². The fourth-order valence-corrected chi connectivity index (χ4v) is 1.12. The molecule has 0 radical (unpaired) electrons. The summed E-state index contributed by atoms with van der Waals surface area (Å²) in [7, 11) is 1.54. The van der Waals surface area contributed by atoms with E-state index < -0.39 is 0 Å². The van der Waals surface area contributed by atoms with Crippen molar-refractivity contribution in [3.8, 4) is 12.3 Å². The van der Waals surface area contributed by atoms with Gasteiger partial charge in [0, 0.05) is 13.2 Å². The Hall–Kier alpha value is -1.80. The van der Waals surface area contributed by atoms with E-state index in [0.717, 1.165) is 0 Å². The van der Waals surface area contributed by atoms with Gasteiger partial charge >= 0.3 is 0 Å². The van der Waals surface area contributed by atoms with Gasteiger partial charge < -0.3 is 14.6 Å². The van der Waals surface area contributed by atoms with Crippen molar-refractivity contribution >= 4 is 5.91 Å². The summed E-state index contributed by atoms with van der Waals surface area (Å²) in [5, 5.41) is 6.27. The van der Waals surface area contributed by atoms with Crippen LogP contribution in [0.15, 0.2) is 10.6 Å². The third-order valence-corrected chi connectivity index (χ3v) is 1.99. The summed E-state index contributed by atoms with van der Waals surface area (Å²) in [6.45, 7) is 2.18. The first-order valence-corrected chi connectivity index (χ1v) is 4.92. The van der Waals surface area contributed by atoms with Crippen LogP contribution in [0.3, 0.4) is 0 Å². The summed E-state index contributed by atoms with van der Waals surface area (Å²) in [4.78, 5) is 11.6. The van der Waals surface area contributed by atoms with Gasteiger partial charge in [0.25, 0.3) is 5.91 Å². The molecular formula is C11H14N2O3. The molecule has 1 aromatic heterocycles. The van der Waals surface area contributed by atoms with E-state index in [1.165, 1.54) is 13.2 Å². The van der Waals surface area contributed by atoms with Crippen LogP contribution < -0.4 is 5.32 Å². The van der Waals surface area contributed by atoms with E-state index in [4.69, 9.17) is 15.7 Å². The van der Waals surface area contributed by atoms with Gasteiger partial charge in [0.2, 0.25) is 0 Å². The van der Waals surface area contributed by atoms with Crippen molar-refractivity contribution in [3.05, 3.63) is 17.5 Å². The van der Waals surface area contributed by atoms with Crippen LogP contribution >= 0.6 is 0 Å². The van der Waals surface area contributed by atoms with E-state index >= 15 is 0 Å². The first kappa shape index (κ1) is 12.3. The van der Waals surface area contributed by atoms with Gasteiger partial charge in [-0.2, -0.15) is 0 Å². The number of terminal acetylenes is 1. The van der Waals surface area contributed by atoms with Gasteiger partial charge in [-0.3, -0.25) is 4.79 Å². The van der Waals surface area contributed by atoms with Gasteiger partial charge in [-0.25, -0.2) is 0 Å². The molecule has 1 aromatic rings. The fraction of sp³-hybridized carbons (Fsp3) is 0.455. The summed E-state index contributed by atoms with van der Waals surface area (Å²) in [6.07, 6.45) is 5.91. The Kier molecular flexibility index (Phi) is 4.55. The minimum Gasteiger partial charge on any atom is -0.377 e. The zero-order chi connectivity index (χ0) is 12.0. The molecule has 1 unspecified atom stereocenters. The molecular weight excluding hydrogens is 208 g/mol. The molecule has 86 valence electrons. The monoisotopic (exact) mass is 222 g/mol. The van der Waals surface area contributed by atoms with E-state index in [0.29, 0.717) is 12.2 Å². The fourth-order valence-electron chi connectivity index (χ4n) is 1.12. The average Bonchev–Trinajstić information content (AvgIpc) is 2.74. The molecule has 0 bridgehead atoms. The number of rotatable bonds is 5. The third-order valence-electron chi connectivity index (χ3n) is 1.99. The quantitative estimate of drug-likeness (QED) is 0.754. The van der Waals surface area contributed by atoms with E-state index in [9.17, 15) is 4.79 Å². The molecule has 1 amide bonds. The Balaban J connectivity index is 2.62. The summed E-state index contributed by atoms with van der Waals surface area (Å²) in [6, 6.07) is 1.25. The third kappa shape index (κ3) is 3.11. The van der Waals surface area contributed by atoms with Crippen molar-refractivity contribution in [2.24, 2.45) is 0 Å². The van der Waals surface area contributed by atoms with E-state index in [1.807, 2.05) is 6.92 Å². The molecule has 0 aliphatic rings. The van der Waals surface area contributed by atoms with Gasteiger partial charge in [-0.15, -0.1) is 6.42 Å². The maximum absolute atomic E-state index is 11.6. The second-order valence-corrected chi connectivity index (χ2v) is 3.21. The van der Waals surface area contributed by atoms with Crippen molar-refractivity contribution in [2.45, 2.75) is 26.0 Å². The maximum atomic E-state index is 11.6. The smallest absolute Gasteiger partial charge is 0.274 e. The molecule has 1 N–H and O–H groups in total. The van der Waals surface area contributed by atoms with Crippen molar-refractivity contribution in [2.75, 3.05) is 7.11 Å². The molecule has 0 fully saturated rings. The van der Waals surface area contributed by atoms with Gasteiger partial charge in [0.15, 0.2) is 11.5 Å². The zero-order valence-corrected chi connectivity index (χ0v) is 9.32. The minimum absolute atomic E-state index is 0.209. The number of ether oxygens (including phenoxy) is 1. The van der Waals surface area contributed by atoms with Gasteiger partial charge in [0.05, 0.1) is 6.04 Å². The molecule has 0 aromatic carbocycles. The number of amides is 1. The molecule has 0 aliphatic heterocycles. The SMILES string of the molecule is C#CC(CC)NC(=O)c1cc(COC)on1. The Bertz CT molecular complexity index is 392. The molecule has 0 saturated heterocycles. The molecule has 1 atom stereocenters. The Morgan fingerprint density at radius 2 is 2.56 bits per heavy atom. The first-order chi connectivity index (χ1) is 7.71. The second kappa shape index (κ2) is 5.93. The molecule has 5 heteroatoms. The number of carbonyl (C=O) groups excluding carboxylic acids is 1. The number of hydrogen-bond acceptors (Lipinski definition) is 4. The highest BCUT2D eigenvalue weighted by Crippen LogP contribution is 2.05. The highest BCUT2D eigenvalue weighted by molar-refractivity contribution is 5.92. The number of carbonyl (C=O) groups is 1. The topological polar surface area (TPSA) is 64.4 Å². The minimum atomic E-state index is -0.337. The van der Waals surface area contributed by atoms with Crippen molar-refractivity contribution in [1.29, 1.82) is 0 Å². The standard InChI is InChI=1S/C11H14N2O3/c1-4-8(5-2)12-11(14)10-6-9(7-15-3)16-13-10/h1,6,8H,5,7H2,2-3H3,(H,12,14). The molecule has 16 heavy (non-hydrogen) atoms. The van der Waals surface area contributed by atoms with Gasteiger partial charge in [0.1, 0.15) is 6.61 Å². The van der Waals surface area contributed by atoms with Crippen LogP contribution in [-0.4, -0.2) is 24.2 Å². The Morgan fingerprint density at radius 1 is 1.81 bits per heavy atom. The number of nitrogens with zero attached hydrogens (tertiary/aromatic N) is 1. The summed E-state index contributed by atoms with van der Waals surface area (Å²) < 4.78 is 9.73. The van der Waals surface area contributed by atoms with E-state index in [-0.39, 0.29) is 24.2 Å². The summed E-state index contributed by atoms with van der Waals surface area (Å²) in [5.74, 6) is 2.63. The number of aromatic nitrogens is 1. The van der Waals surface area contributed by atoms with Crippen molar-refractivity contribution < 1.29 is 14.1 Å². The predicted octanol–water partition coefficient (Wildman–Crippen LogP) is 0.963. The van der Waals surface area contributed by atoms with Crippen LogP contribution in [0.5, 0.6) is 0 Å². The molecule has 0 aliphatic carbocycles. The number of hydrogen-bond donors (Lipinski definition) is 1. The molecule has 1 heterocycles. The van der Waals surface area contributed by atoms with Crippen LogP contribution in [0.2, 0.25) is 0 Å². The van der Waals surface area contributed by atoms with Gasteiger partial charge in [-0.05, 0) is 6.42 Å². The Morgan fingerprint density at radius 3 is 3.12 bits per heavy atom. The van der Waals surface area contributed by atoms with Crippen molar-refractivity contribution in [1.82, 2.24) is 10.5 Å². The first-order valence-electron chi connectivity index (χ1n) is 4.92. The lowest BCUT2D eigenvalue weighted by atomic mass is 10.2. The van der Waals surface area contributed by atoms with Crippen LogP contribution in [0, 0.1) is 12.3 Å². The van der Waals surface area contributed by atoms with Crippen LogP contribution in [0.25, 0.3) is 0 Å². The lowest BCUT2D eigenvalue weighted by molar-refractivity contribution is 0.0935. The predicted molar refractivity (Wildman–Crippen MR) is 57.6 cm³/mol. The highest BCUT2D eigenvalue weighted by atomic mass is 16.5. The molecule has 0 spiro atoms. The average molecular weight is 222 g/mol. The van der Waals surface area contributed by atoms with E-state index in [1.54, 1.807) is 0 Å². The lowest BCUT2D eigenvalue weighted by Crippen LogP contribution is -2.33. The second-order valence-electron chi connectivity index (χ2n) is 3.21. The summed E-state index contributed by atoms with van der Waals surface area (Å²) in [5.41, 5.74) is 0.209. The molecule has 0 saturated carbocycles. The van der Waals surface area contributed by atoms with Gasteiger partial charge in [-0.1, -0.05) is 18.0 Å². The van der Waals surface area contributed by atoms with Crippen molar-refractivity contribution in [3.63, 3.8) is 0 Å².